The minimum Gasteiger partial charge on any atom is -0.452 e. The Hall–Kier alpha value is -2.90. The zero-order chi connectivity index (χ0) is 19.8. The lowest BCUT2D eigenvalue weighted by molar-refractivity contribution is -0.160. The van der Waals surface area contributed by atoms with Gasteiger partial charge in [-0.05, 0) is 32.9 Å². The van der Waals surface area contributed by atoms with Gasteiger partial charge in [0, 0.05) is 25.4 Å². The van der Waals surface area contributed by atoms with E-state index >= 15 is 0 Å². The second-order valence-corrected chi connectivity index (χ2v) is 6.91. The molecule has 8 heteroatoms. The fourth-order valence-corrected chi connectivity index (χ4v) is 3.78. The van der Waals surface area contributed by atoms with Gasteiger partial charge in [-0.25, -0.2) is 4.79 Å². The standard InChI is InChI=1S/C19H23N3O5/c1-4-21-17(25)13-7-5-6-8-14(13)22-16(24)9-10-19(21,22)18(26)27-11-15(23)20-12(2)3/h5-8,12H,4,9-11H2,1-3H3,(H,20,23)/t19-/m0/s1. The van der Waals surface area contributed by atoms with Crippen molar-refractivity contribution in [2.45, 2.75) is 45.3 Å². The lowest BCUT2D eigenvalue weighted by atomic mass is 9.96. The Kier molecular flexibility index (Phi) is 4.91. The molecule has 0 bridgehead atoms. The molecule has 1 atom stereocenters. The van der Waals surface area contributed by atoms with Crippen LogP contribution in [0, 0.1) is 0 Å². The van der Waals surface area contributed by atoms with Crippen molar-refractivity contribution in [3.8, 4) is 0 Å². The normalized spacial score (nSPS) is 21.2. The predicted molar refractivity (Wildman–Crippen MR) is 96.8 cm³/mol. The van der Waals surface area contributed by atoms with Gasteiger partial charge in [0.25, 0.3) is 11.8 Å². The average molecular weight is 373 g/mol. The molecule has 0 spiro atoms. The minimum atomic E-state index is -1.55. The fourth-order valence-electron chi connectivity index (χ4n) is 3.78. The first-order valence-electron chi connectivity index (χ1n) is 9.03. The molecular formula is C19H23N3O5. The molecule has 1 fully saturated rings. The average Bonchev–Trinajstić information content (AvgIpc) is 2.98. The van der Waals surface area contributed by atoms with Gasteiger partial charge in [-0.2, -0.15) is 0 Å². The molecule has 2 heterocycles. The molecule has 0 radical (unpaired) electrons. The summed E-state index contributed by atoms with van der Waals surface area (Å²) in [6.07, 6.45) is 0.246. The summed E-state index contributed by atoms with van der Waals surface area (Å²) < 4.78 is 5.25. The smallest absolute Gasteiger partial charge is 0.354 e. The lowest BCUT2D eigenvalue weighted by Gasteiger charge is -2.47. The van der Waals surface area contributed by atoms with Crippen LogP contribution in [0.4, 0.5) is 5.69 Å². The van der Waals surface area contributed by atoms with Gasteiger partial charge in [0.05, 0.1) is 11.3 Å². The summed E-state index contributed by atoms with van der Waals surface area (Å²) >= 11 is 0. The van der Waals surface area contributed by atoms with Gasteiger partial charge in [-0.3, -0.25) is 19.3 Å². The topological polar surface area (TPSA) is 96.0 Å². The summed E-state index contributed by atoms with van der Waals surface area (Å²) in [4.78, 5) is 53.3. The molecule has 0 aliphatic carbocycles. The third-order valence-electron chi connectivity index (χ3n) is 4.80. The van der Waals surface area contributed by atoms with Crippen molar-refractivity contribution < 1.29 is 23.9 Å². The number of para-hydroxylation sites is 1. The maximum absolute atomic E-state index is 13.1. The molecule has 2 aliphatic heterocycles. The number of carbonyl (C=O) groups is 4. The molecule has 0 saturated carbocycles. The van der Waals surface area contributed by atoms with Gasteiger partial charge >= 0.3 is 5.97 Å². The molecule has 2 aliphatic rings. The third-order valence-corrected chi connectivity index (χ3v) is 4.80. The molecule has 1 saturated heterocycles. The maximum Gasteiger partial charge on any atom is 0.354 e. The molecule has 1 N–H and O–H groups in total. The number of likely N-dealkylation sites (N-methyl/N-ethyl adjacent to an activating group) is 1. The monoisotopic (exact) mass is 373 g/mol. The molecule has 0 unspecified atom stereocenters. The zero-order valence-electron chi connectivity index (χ0n) is 15.7. The predicted octanol–water partition coefficient (Wildman–Crippen LogP) is 1.05. The second kappa shape index (κ2) is 7.02. The van der Waals surface area contributed by atoms with Gasteiger partial charge in [0.15, 0.2) is 6.61 Å². The number of carbonyl (C=O) groups excluding carboxylic acids is 4. The summed E-state index contributed by atoms with van der Waals surface area (Å²) in [6.45, 7) is 5.10. The highest BCUT2D eigenvalue weighted by Crippen LogP contribution is 2.44. The Balaban J connectivity index is 1.98. The van der Waals surface area contributed by atoms with E-state index in [4.69, 9.17) is 4.74 Å². The fraction of sp³-hybridized carbons (Fsp3) is 0.474. The summed E-state index contributed by atoms with van der Waals surface area (Å²) in [6, 6.07) is 6.63. The van der Waals surface area contributed by atoms with E-state index in [2.05, 4.69) is 5.32 Å². The van der Waals surface area contributed by atoms with Crippen molar-refractivity contribution in [1.29, 1.82) is 0 Å². The molecule has 8 nitrogen and oxygen atoms in total. The van der Waals surface area contributed by atoms with Crippen molar-refractivity contribution in [2.75, 3.05) is 18.1 Å². The molecule has 27 heavy (non-hydrogen) atoms. The van der Waals surface area contributed by atoms with Gasteiger partial charge < -0.3 is 15.0 Å². The number of hydrogen-bond donors (Lipinski definition) is 1. The maximum atomic E-state index is 13.1. The molecular weight excluding hydrogens is 350 g/mol. The highest BCUT2D eigenvalue weighted by Gasteiger charge is 2.61. The van der Waals surface area contributed by atoms with Gasteiger partial charge in [0.1, 0.15) is 0 Å². The molecule has 3 amide bonds. The molecule has 0 aromatic heterocycles. The molecule has 3 rings (SSSR count). The van der Waals surface area contributed by atoms with E-state index in [1.54, 1.807) is 45.0 Å². The van der Waals surface area contributed by atoms with E-state index < -0.39 is 24.1 Å². The quantitative estimate of drug-likeness (QED) is 0.779. The summed E-state index contributed by atoms with van der Waals surface area (Å²) in [5, 5.41) is 2.64. The van der Waals surface area contributed by atoms with Gasteiger partial charge in [-0.1, -0.05) is 12.1 Å². The number of nitrogens with one attached hydrogen (secondary N) is 1. The van der Waals surface area contributed by atoms with Crippen LogP contribution in [0.2, 0.25) is 0 Å². The number of esters is 1. The van der Waals surface area contributed by atoms with Crippen LogP contribution in [0.5, 0.6) is 0 Å². The molecule has 1 aromatic carbocycles. The van der Waals surface area contributed by atoms with Crippen molar-refractivity contribution >= 4 is 29.4 Å². The van der Waals surface area contributed by atoms with Crippen LogP contribution in [-0.4, -0.2) is 53.4 Å². The van der Waals surface area contributed by atoms with Crippen LogP contribution in [-0.2, 0) is 19.1 Å². The second-order valence-electron chi connectivity index (χ2n) is 6.91. The highest BCUT2D eigenvalue weighted by molar-refractivity contribution is 6.15. The summed E-state index contributed by atoms with van der Waals surface area (Å²) in [5.41, 5.74) is -0.774. The molecule has 1 aromatic rings. The first-order chi connectivity index (χ1) is 12.8. The number of benzene rings is 1. The van der Waals surface area contributed by atoms with Crippen LogP contribution in [0.25, 0.3) is 0 Å². The van der Waals surface area contributed by atoms with Gasteiger partial charge in [-0.15, -0.1) is 0 Å². The number of fused-ring (bicyclic) bond motifs is 3. The van der Waals surface area contributed by atoms with Crippen molar-refractivity contribution in [2.24, 2.45) is 0 Å². The minimum absolute atomic E-state index is 0.0887. The van der Waals surface area contributed by atoms with Crippen LogP contribution in [0.15, 0.2) is 24.3 Å². The van der Waals surface area contributed by atoms with E-state index in [1.807, 2.05) is 0 Å². The summed E-state index contributed by atoms with van der Waals surface area (Å²) in [7, 11) is 0. The Bertz CT molecular complexity index is 806. The zero-order valence-corrected chi connectivity index (χ0v) is 15.7. The summed E-state index contributed by atoms with van der Waals surface area (Å²) in [5.74, 6) is -1.78. The SMILES string of the molecule is CCN1C(=O)c2ccccc2N2C(=O)CC[C@]12C(=O)OCC(=O)NC(C)C. The molecule has 144 valence electrons. The Labute approximate surface area is 157 Å². The van der Waals surface area contributed by atoms with E-state index in [0.29, 0.717) is 11.3 Å². The van der Waals surface area contributed by atoms with E-state index in [-0.39, 0.29) is 37.2 Å². The van der Waals surface area contributed by atoms with Crippen molar-refractivity contribution in [3.63, 3.8) is 0 Å². The van der Waals surface area contributed by atoms with E-state index in [1.165, 1.54) is 9.80 Å². The first-order valence-corrected chi connectivity index (χ1v) is 9.03. The van der Waals surface area contributed by atoms with Crippen LogP contribution < -0.4 is 10.2 Å². The number of amides is 3. The number of rotatable bonds is 5. The Morgan fingerprint density at radius 2 is 1.96 bits per heavy atom. The number of nitrogens with zero attached hydrogens (tertiary/aromatic N) is 2. The number of hydrogen-bond acceptors (Lipinski definition) is 5. The van der Waals surface area contributed by atoms with Crippen molar-refractivity contribution in [3.05, 3.63) is 29.8 Å². The van der Waals surface area contributed by atoms with Gasteiger partial charge in [0.2, 0.25) is 11.6 Å². The third kappa shape index (κ3) is 2.94. The number of ether oxygens (including phenoxy) is 1. The first kappa shape index (κ1) is 18.9. The van der Waals surface area contributed by atoms with Crippen molar-refractivity contribution in [1.82, 2.24) is 10.2 Å². The largest absolute Gasteiger partial charge is 0.452 e. The highest BCUT2D eigenvalue weighted by atomic mass is 16.5. The van der Waals surface area contributed by atoms with Crippen LogP contribution >= 0.6 is 0 Å². The number of anilines is 1. The lowest BCUT2D eigenvalue weighted by Crippen LogP contribution is -2.68. The van der Waals surface area contributed by atoms with E-state index in [0.717, 1.165) is 0 Å². The Morgan fingerprint density at radius 3 is 2.63 bits per heavy atom. The van der Waals surface area contributed by atoms with Crippen LogP contribution in [0.3, 0.4) is 0 Å². The van der Waals surface area contributed by atoms with E-state index in [9.17, 15) is 19.2 Å². The Morgan fingerprint density at radius 1 is 1.26 bits per heavy atom. The van der Waals surface area contributed by atoms with Crippen LogP contribution in [0.1, 0.15) is 44.0 Å².